The second kappa shape index (κ2) is 7.62. The van der Waals surface area contributed by atoms with Crippen LogP contribution in [-0.4, -0.2) is 11.7 Å². The van der Waals surface area contributed by atoms with E-state index in [0.717, 1.165) is 21.2 Å². The average molecular weight is 309 g/mol. The molecule has 2 aromatic rings. The Labute approximate surface area is 126 Å². The zero-order chi connectivity index (χ0) is 13.5. The van der Waals surface area contributed by atoms with Crippen molar-refractivity contribution < 1.29 is 5.11 Å². The van der Waals surface area contributed by atoms with Crippen molar-refractivity contribution in [3.8, 4) is 11.8 Å². The van der Waals surface area contributed by atoms with Gasteiger partial charge in [-0.2, -0.15) is 0 Å². The lowest BCUT2D eigenvalue weighted by molar-refractivity contribution is 0.305. The van der Waals surface area contributed by atoms with Crippen molar-refractivity contribution in [2.45, 2.75) is 17.1 Å². The Kier molecular flexibility index (Phi) is 5.81. The van der Waals surface area contributed by atoms with Gasteiger partial charge in [0.05, 0.1) is 11.6 Å². The van der Waals surface area contributed by atoms with E-state index < -0.39 is 0 Å². The Morgan fingerprint density at radius 1 is 1.32 bits per heavy atom. The molecule has 0 spiro atoms. The molecule has 0 unspecified atom stereocenters. The summed E-state index contributed by atoms with van der Waals surface area (Å²) in [5.74, 6) is 6.87. The number of hydrogen-bond donors (Lipinski definition) is 1. The Hall–Kier alpha value is -0.920. The Morgan fingerprint density at radius 2 is 2.16 bits per heavy atom. The fourth-order valence-electron chi connectivity index (χ4n) is 1.45. The second-order valence-electron chi connectivity index (χ2n) is 3.80. The summed E-state index contributed by atoms with van der Waals surface area (Å²) in [6, 6.07) is 9.96. The minimum absolute atomic E-state index is 0.117. The van der Waals surface area contributed by atoms with Crippen LogP contribution in [0.25, 0.3) is 0 Å². The fraction of sp³-hybridized carbons (Fsp3) is 0.200. The van der Waals surface area contributed by atoms with Crippen LogP contribution in [0.1, 0.15) is 16.9 Å². The van der Waals surface area contributed by atoms with E-state index in [4.69, 9.17) is 16.7 Å². The summed E-state index contributed by atoms with van der Waals surface area (Å²) in [6.45, 7) is 0.117. The van der Waals surface area contributed by atoms with E-state index in [2.05, 4.69) is 17.9 Å². The van der Waals surface area contributed by atoms with Crippen molar-refractivity contribution in [3.05, 3.63) is 51.2 Å². The Morgan fingerprint density at radius 3 is 2.95 bits per heavy atom. The fourth-order valence-corrected chi connectivity index (χ4v) is 3.56. The number of benzene rings is 1. The molecule has 19 heavy (non-hydrogen) atoms. The number of halogens is 1. The molecule has 0 aliphatic heterocycles. The molecule has 0 saturated carbocycles. The van der Waals surface area contributed by atoms with Crippen LogP contribution in [0.15, 0.2) is 40.6 Å². The maximum atomic E-state index is 8.67. The molecular formula is C15H13ClOS2. The third kappa shape index (κ3) is 4.59. The van der Waals surface area contributed by atoms with Gasteiger partial charge < -0.3 is 5.11 Å². The van der Waals surface area contributed by atoms with Crippen LogP contribution >= 0.6 is 34.7 Å². The molecule has 0 bridgehead atoms. The standard InChI is InChI=1S/C15H13ClOS2/c16-14-6-1-2-7-15(14)19-11-13-9-12(10-18-13)5-3-4-8-17/h1-2,6-7,9-10,17H,4,8,11H2. The minimum atomic E-state index is 0.117. The first-order valence-corrected chi connectivity index (χ1v) is 8.08. The molecule has 0 saturated heterocycles. The van der Waals surface area contributed by atoms with Crippen LogP contribution in [0.4, 0.5) is 0 Å². The number of aliphatic hydroxyl groups excluding tert-OH is 1. The van der Waals surface area contributed by atoms with Crippen LogP contribution < -0.4 is 0 Å². The highest BCUT2D eigenvalue weighted by Crippen LogP contribution is 2.31. The van der Waals surface area contributed by atoms with Gasteiger partial charge in [-0.15, -0.1) is 23.1 Å². The molecule has 1 N–H and O–H groups in total. The lowest BCUT2D eigenvalue weighted by Crippen LogP contribution is -1.77. The van der Waals surface area contributed by atoms with E-state index in [1.165, 1.54) is 4.88 Å². The van der Waals surface area contributed by atoms with Crippen LogP contribution in [0, 0.1) is 11.8 Å². The van der Waals surface area contributed by atoms with Gasteiger partial charge in [0.2, 0.25) is 0 Å². The predicted molar refractivity (Wildman–Crippen MR) is 83.9 cm³/mol. The topological polar surface area (TPSA) is 20.2 Å². The third-order valence-electron chi connectivity index (χ3n) is 2.33. The lowest BCUT2D eigenvalue weighted by Gasteiger charge is -2.01. The molecular weight excluding hydrogens is 296 g/mol. The first kappa shape index (κ1) is 14.5. The van der Waals surface area contributed by atoms with Crippen molar-refractivity contribution in [1.82, 2.24) is 0 Å². The van der Waals surface area contributed by atoms with Gasteiger partial charge in [0.25, 0.3) is 0 Å². The monoisotopic (exact) mass is 308 g/mol. The highest BCUT2D eigenvalue weighted by molar-refractivity contribution is 7.98. The van der Waals surface area contributed by atoms with E-state index in [0.29, 0.717) is 6.42 Å². The van der Waals surface area contributed by atoms with Gasteiger partial charge in [-0.25, -0.2) is 0 Å². The normalized spacial score (nSPS) is 10.0. The third-order valence-corrected chi connectivity index (χ3v) is 5.01. The summed E-state index contributed by atoms with van der Waals surface area (Å²) in [6.07, 6.45) is 0.527. The molecule has 2 rings (SSSR count). The van der Waals surface area contributed by atoms with E-state index in [1.54, 1.807) is 23.1 Å². The van der Waals surface area contributed by atoms with Gasteiger partial charge >= 0.3 is 0 Å². The van der Waals surface area contributed by atoms with Crippen molar-refractivity contribution in [2.75, 3.05) is 6.61 Å². The quantitative estimate of drug-likeness (QED) is 0.666. The number of thioether (sulfide) groups is 1. The maximum Gasteiger partial charge on any atom is 0.0541 e. The van der Waals surface area contributed by atoms with Gasteiger partial charge in [0.1, 0.15) is 0 Å². The molecule has 0 radical (unpaired) electrons. The molecule has 0 fully saturated rings. The lowest BCUT2D eigenvalue weighted by atomic mass is 10.3. The van der Waals surface area contributed by atoms with Crippen molar-refractivity contribution in [2.24, 2.45) is 0 Å². The predicted octanol–water partition coefficient (Wildman–Crippen LogP) is 4.43. The maximum absolute atomic E-state index is 8.67. The van der Waals surface area contributed by atoms with Crippen LogP contribution in [0.5, 0.6) is 0 Å². The average Bonchev–Trinajstić information content (AvgIpc) is 2.86. The highest BCUT2D eigenvalue weighted by atomic mass is 35.5. The zero-order valence-electron chi connectivity index (χ0n) is 10.2. The molecule has 1 nitrogen and oxygen atoms in total. The smallest absolute Gasteiger partial charge is 0.0541 e. The van der Waals surface area contributed by atoms with Crippen molar-refractivity contribution in [1.29, 1.82) is 0 Å². The minimum Gasteiger partial charge on any atom is -0.395 e. The molecule has 1 heterocycles. The van der Waals surface area contributed by atoms with Crippen LogP contribution in [-0.2, 0) is 5.75 Å². The van der Waals surface area contributed by atoms with E-state index in [9.17, 15) is 0 Å². The molecule has 0 amide bonds. The number of hydrogen-bond acceptors (Lipinski definition) is 3. The van der Waals surface area contributed by atoms with Gasteiger partial charge in [-0.1, -0.05) is 35.6 Å². The SMILES string of the molecule is OCCC#Cc1csc(CSc2ccccc2Cl)c1. The van der Waals surface area contributed by atoms with Gasteiger partial charge in [-0.3, -0.25) is 0 Å². The Bertz CT molecular complexity index is 595. The van der Waals surface area contributed by atoms with Gasteiger partial charge in [-0.05, 0) is 18.2 Å². The number of thiophene rings is 1. The highest BCUT2D eigenvalue weighted by Gasteiger charge is 2.02. The largest absolute Gasteiger partial charge is 0.395 e. The number of aliphatic hydroxyl groups is 1. The summed E-state index contributed by atoms with van der Waals surface area (Å²) in [7, 11) is 0. The molecule has 98 valence electrons. The Balaban J connectivity index is 1.94. The molecule has 0 aliphatic carbocycles. The van der Waals surface area contributed by atoms with Crippen LogP contribution in [0.2, 0.25) is 5.02 Å². The summed E-state index contributed by atoms with van der Waals surface area (Å²) in [5.41, 5.74) is 1.02. The van der Waals surface area contributed by atoms with E-state index in [1.807, 2.05) is 29.6 Å². The summed E-state index contributed by atoms with van der Waals surface area (Å²) in [5, 5.41) is 11.5. The molecule has 4 heteroatoms. The second-order valence-corrected chi connectivity index (χ2v) is 6.22. The number of rotatable bonds is 4. The van der Waals surface area contributed by atoms with Gasteiger partial charge in [0.15, 0.2) is 0 Å². The first-order chi connectivity index (χ1) is 9.29. The van der Waals surface area contributed by atoms with Gasteiger partial charge in [0, 0.05) is 32.9 Å². The van der Waals surface area contributed by atoms with Crippen molar-refractivity contribution >= 4 is 34.7 Å². The summed E-state index contributed by atoms with van der Waals surface area (Å²) >= 11 is 9.55. The van der Waals surface area contributed by atoms with E-state index in [-0.39, 0.29) is 6.61 Å². The van der Waals surface area contributed by atoms with Crippen molar-refractivity contribution in [3.63, 3.8) is 0 Å². The summed E-state index contributed by atoms with van der Waals surface area (Å²) < 4.78 is 0. The molecule has 1 aromatic carbocycles. The molecule has 1 aromatic heterocycles. The zero-order valence-corrected chi connectivity index (χ0v) is 12.6. The summed E-state index contributed by atoms with van der Waals surface area (Å²) in [4.78, 5) is 2.38. The first-order valence-electron chi connectivity index (χ1n) is 5.84. The van der Waals surface area contributed by atoms with E-state index >= 15 is 0 Å². The molecule has 0 atom stereocenters. The van der Waals surface area contributed by atoms with Crippen LogP contribution in [0.3, 0.4) is 0 Å². The molecule has 0 aliphatic rings.